The highest BCUT2D eigenvalue weighted by Gasteiger charge is 2.71. The van der Waals surface area contributed by atoms with Crippen LogP contribution < -0.4 is 0 Å². The van der Waals surface area contributed by atoms with Gasteiger partial charge in [-0.15, -0.1) is 23.2 Å². The van der Waals surface area contributed by atoms with Gasteiger partial charge in [0.25, 0.3) is 0 Å². The molecule has 0 spiro atoms. The molecule has 0 aromatic rings. The molecule has 25 heavy (non-hydrogen) atoms. The maximum atomic E-state index is 14.7. The number of hydrogen-bond acceptors (Lipinski definition) is 1. The first kappa shape index (κ1) is 17.0. The van der Waals surface area contributed by atoms with Crippen LogP contribution in [0.1, 0.15) is 77.0 Å². The maximum Gasteiger partial charge on any atom is 0.181 e. The van der Waals surface area contributed by atoms with Crippen molar-refractivity contribution in [1.82, 2.24) is 0 Å². The van der Waals surface area contributed by atoms with Gasteiger partial charge in [0.1, 0.15) is 0 Å². The number of hydrogen-bond donors (Lipinski definition) is 0. The smallest absolute Gasteiger partial charge is 0.181 e. The Hall–Kier alpha value is 1.10. The molecule has 8 bridgehead atoms. The number of halogens is 3. The minimum atomic E-state index is -2.87. The van der Waals surface area contributed by atoms with Gasteiger partial charge in [0.05, 0.1) is 0 Å². The van der Waals surface area contributed by atoms with E-state index in [1.165, 1.54) is 12.8 Å². The number of alkyl halides is 2. The van der Waals surface area contributed by atoms with E-state index >= 15 is 0 Å². The Labute approximate surface area is 166 Å². The Kier molecular flexibility index (Phi) is 3.27. The van der Waals surface area contributed by atoms with Crippen molar-refractivity contribution in [3.8, 4) is 0 Å². The van der Waals surface area contributed by atoms with Crippen LogP contribution >= 0.6 is 40.9 Å². The Morgan fingerprint density at radius 2 is 0.960 bits per heavy atom. The average molecular weight is 422 g/mol. The van der Waals surface area contributed by atoms with Crippen molar-refractivity contribution >= 4 is 40.9 Å². The quantitative estimate of drug-likeness (QED) is 0.341. The van der Waals surface area contributed by atoms with Gasteiger partial charge in [-0.1, -0.05) is 11.2 Å². The lowest BCUT2D eigenvalue weighted by molar-refractivity contribution is 0.0301. The summed E-state index contributed by atoms with van der Waals surface area (Å²) in [7, 11) is 0. The molecule has 0 aromatic heterocycles. The summed E-state index contributed by atoms with van der Waals surface area (Å²) < 4.78 is 14.7. The molecule has 5 heteroatoms. The molecule has 3 unspecified atom stereocenters. The first-order chi connectivity index (χ1) is 11.6. The van der Waals surface area contributed by atoms with Crippen LogP contribution in [0.15, 0.2) is 0 Å². The predicted molar refractivity (Wildman–Crippen MR) is 105 cm³/mol. The minimum absolute atomic E-state index is 0.115. The SMILES string of the molecule is O=P(Cl)(C12C[C@@H]3C[C@H](CC(Cl)(C3)C1)C2)C12C[C@@H]3C[C@@H](CC(Cl)(C3)C1)C2. The van der Waals surface area contributed by atoms with Crippen LogP contribution in [0.4, 0.5) is 0 Å². The maximum absolute atomic E-state index is 14.7. The topological polar surface area (TPSA) is 17.1 Å². The molecule has 140 valence electrons. The minimum Gasteiger partial charge on any atom is -0.305 e. The van der Waals surface area contributed by atoms with Gasteiger partial charge < -0.3 is 4.57 Å². The Balaban J connectivity index is 1.44. The van der Waals surface area contributed by atoms with Gasteiger partial charge >= 0.3 is 0 Å². The second kappa shape index (κ2) is 4.80. The third kappa shape index (κ3) is 2.14. The van der Waals surface area contributed by atoms with E-state index in [1.807, 2.05) is 0 Å². The van der Waals surface area contributed by atoms with Crippen molar-refractivity contribution < 1.29 is 4.57 Å². The fourth-order valence-electron chi connectivity index (χ4n) is 9.38. The summed E-state index contributed by atoms with van der Waals surface area (Å²) in [6, 6.07) is 0. The summed E-state index contributed by atoms with van der Waals surface area (Å²) in [6.07, 6.45) is 13.2. The van der Waals surface area contributed by atoms with Crippen molar-refractivity contribution in [3.05, 3.63) is 0 Å². The van der Waals surface area contributed by atoms with Gasteiger partial charge in [-0.3, -0.25) is 0 Å². The van der Waals surface area contributed by atoms with E-state index in [0.29, 0.717) is 23.7 Å². The Bertz CT molecular complexity index is 608. The third-order valence-electron chi connectivity index (χ3n) is 9.14. The van der Waals surface area contributed by atoms with Gasteiger partial charge in [0.2, 0.25) is 0 Å². The molecule has 8 fully saturated rings. The standard InChI is InChI=1S/C20H28Cl3OP/c21-17-3-13-1-14(4-17)8-19(7-13,11-17)25(23,24)20-9-15-2-16(10-20)6-18(22,5-15)12-20/h13-16H,1-12H2/t13-,14-,15-,16+,17?,18?,19?,20?,25?/m1/s1. The van der Waals surface area contributed by atoms with Gasteiger partial charge in [0.15, 0.2) is 6.49 Å². The first-order valence-electron chi connectivity index (χ1n) is 10.3. The molecule has 0 aromatic carbocycles. The molecule has 0 amide bonds. The summed E-state index contributed by atoms with van der Waals surface area (Å²) in [5.74, 6) is 2.63. The normalized spacial score (nSPS) is 63.8. The van der Waals surface area contributed by atoms with Crippen LogP contribution in [0.5, 0.6) is 0 Å². The van der Waals surface area contributed by atoms with Crippen molar-refractivity contribution in [2.45, 2.75) is 97.1 Å². The van der Waals surface area contributed by atoms with Crippen LogP contribution in [0.2, 0.25) is 0 Å². The van der Waals surface area contributed by atoms with Crippen LogP contribution in [0.25, 0.3) is 0 Å². The second-order valence-corrected chi connectivity index (χ2v) is 17.2. The lowest BCUT2D eigenvalue weighted by Gasteiger charge is -2.67. The molecule has 8 aliphatic carbocycles. The van der Waals surface area contributed by atoms with E-state index in [9.17, 15) is 4.57 Å². The van der Waals surface area contributed by atoms with Gasteiger partial charge in [-0.05, 0) is 101 Å². The zero-order valence-corrected chi connectivity index (χ0v) is 17.9. The fraction of sp³-hybridized carbons (Fsp3) is 1.00. The largest absolute Gasteiger partial charge is 0.305 e. The summed E-state index contributed by atoms with van der Waals surface area (Å²) in [6.45, 7) is -2.87. The molecule has 8 aliphatic rings. The van der Waals surface area contributed by atoms with Gasteiger partial charge in [-0.2, -0.15) is 0 Å². The zero-order chi connectivity index (χ0) is 17.3. The molecule has 0 radical (unpaired) electrons. The lowest BCUT2D eigenvalue weighted by Crippen LogP contribution is -2.62. The predicted octanol–water partition coefficient (Wildman–Crippen LogP) is 7.16. The monoisotopic (exact) mass is 420 g/mol. The molecule has 8 saturated carbocycles. The molecule has 7 atom stereocenters. The Morgan fingerprint density at radius 1 is 0.640 bits per heavy atom. The molecule has 8 rings (SSSR count). The highest BCUT2D eigenvalue weighted by Crippen LogP contribution is 2.86. The van der Waals surface area contributed by atoms with Crippen molar-refractivity contribution in [2.24, 2.45) is 23.7 Å². The van der Waals surface area contributed by atoms with E-state index in [-0.39, 0.29) is 20.1 Å². The highest BCUT2D eigenvalue weighted by molar-refractivity contribution is 7.91. The summed E-state index contributed by atoms with van der Waals surface area (Å²) in [5.41, 5.74) is 0. The molecule has 0 aliphatic heterocycles. The molecule has 0 N–H and O–H groups in total. The third-order valence-corrected chi connectivity index (χ3v) is 15.7. The zero-order valence-electron chi connectivity index (χ0n) is 14.8. The molecule has 1 nitrogen and oxygen atoms in total. The molecular weight excluding hydrogens is 394 g/mol. The highest BCUT2D eigenvalue weighted by atomic mass is 35.7. The summed E-state index contributed by atoms with van der Waals surface area (Å²) in [5, 5.41) is -0.362. The number of rotatable bonds is 2. The van der Waals surface area contributed by atoms with Crippen LogP contribution in [0, 0.1) is 23.7 Å². The Morgan fingerprint density at radius 3 is 1.24 bits per heavy atom. The second-order valence-electron chi connectivity index (χ2n) is 11.2. The summed E-state index contributed by atoms with van der Waals surface area (Å²) in [4.78, 5) is -0.231. The van der Waals surface area contributed by atoms with Crippen LogP contribution in [-0.4, -0.2) is 20.1 Å². The van der Waals surface area contributed by atoms with Crippen LogP contribution in [0.3, 0.4) is 0 Å². The van der Waals surface area contributed by atoms with Gasteiger partial charge in [-0.25, -0.2) is 0 Å². The van der Waals surface area contributed by atoms with Crippen molar-refractivity contribution in [3.63, 3.8) is 0 Å². The molecule has 0 heterocycles. The van der Waals surface area contributed by atoms with Crippen molar-refractivity contribution in [2.75, 3.05) is 0 Å². The van der Waals surface area contributed by atoms with E-state index in [4.69, 9.17) is 34.4 Å². The van der Waals surface area contributed by atoms with Crippen LogP contribution in [-0.2, 0) is 4.57 Å². The lowest BCUT2D eigenvalue weighted by atomic mass is 9.55. The van der Waals surface area contributed by atoms with E-state index in [0.717, 1.165) is 64.2 Å². The first-order valence-corrected chi connectivity index (χ1v) is 13.7. The average Bonchev–Trinajstić information content (AvgIpc) is 2.41. The van der Waals surface area contributed by atoms with Gasteiger partial charge in [0, 0.05) is 20.1 Å². The molecule has 0 saturated heterocycles. The summed E-state index contributed by atoms with van der Waals surface area (Å²) >= 11 is 21.5. The van der Waals surface area contributed by atoms with E-state index < -0.39 is 6.49 Å². The molecular formula is C20H28Cl3OP. The fourth-order valence-corrected chi connectivity index (χ4v) is 16.1. The van der Waals surface area contributed by atoms with E-state index in [1.54, 1.807) is 0 Å². The van der Waals surface area contributed by atoms with Crippen molar-refractivity contribution in [1.29, 1.82) is 0 Å². The van der Waals surface area contributed by atoms with E-state index in [2.05, 4.69) is 0 Å².